The number of rotatable bonds is 4. The first-order chi connectivity index (χ1) is 8.70. The average molecular weight is 243 g/mol. The van der Waals surface area contributed by atoms with Gasteiger partial charge in [0.05, 0.1) is 0 Å². The van der Waals surface area contributed by atoms with Crippen LogP contribution in [0.25, 0.3) is 0 Å². The van der Waals surface area contributed by atoms with Gasteiger partial charge < -0.3 is 5.73 Å². The molecule has 0 saturated heterocycles. The summed E-state index contributed by atoms with van der Waals surface area (Å²) in [5, 5.41) is 0. The summed E-state index contributed by atoms with van der Waals surface area (Å²) in [6.07, 6.45) is 1.69. The van der Waals surface area contributed by atoms with E-state index in [9.17, 15) is 4.39 Å². The SMILES string of the molecule is CCc1ccc(CC(N)c2ccccc2F)cc1. The van der Waals surface area contributed by atoms with Crippen molar-refractivity contribution in [1.29, 1.82) is 0 Å². The second kappa shape index (κ2) is 5.78. The van der Waals surface area contributed by atoms with Gasteiger partial charge in [-0.2, -0.15) is 0 Å². The van der Waals surface area contributed by atoms with E-state index in [0.717, 1.165) is 12.0 Å². The van der Waals surface area contributed by atoms with E-state index < -0.39 is 0 Å². The third-order valence-electron chi connectivity index (χ3n) is 3.19. The Morgan fingerprint density at radius 1 is 1.00 bits per heavy atom. The quantitative estimate of drug-likeness (QED) is 0.871. The van der Waals surface area contributed by atoms with Gasteiger partial charge in [-0.25, -0.2) is 4.39 Å². The maximum absolute atomic E-state index is 13.6. The van der Waals surface area contributed by atoms with Gasteiger partial charge in [0.2, 0.25) is 0 Å². The number of benzene rings is 2. The fraction of sp³-hybridized carbons (Fsp3) is 0.250. The van der Waals surface area contributed by atoms with Crippen LogP contribution in [0, 0.1) is 5.82 Å². The van der Waals surface area contributed by atoms with E-state index in [2.05, 4.69) is 31.2 Å². The molecule has 1 unspecified atom stereocenters. The lowest BCUT2D eigenvalue weighted by Crippen LogP contribution is -2.14. The zero-order valence-corrected chi connectivity index (χ0v) is 10.6. The monoisotopic (exact) mass is 243 g/mol. The first-order valence-corrected chi connectivity index (χ1v) is 6.28. The van der Waals surface area contributed by atoms with Crippen LogP contribution in [0.2, 0.25) is 0 Å². The van der Waals surface area contributed by atoms with E-state index in [-0.39, 0.29) is 11.9 Å². The molecule has 0 aliphatic carbocycles. The Balaban J connectivity index is 2.11. The van der Waals surface area contributed by atoms with Gasteiger partial charge >= 0.3 is 0 Å². The van der Waals surface area contributed by atoms with Gasteiger partial charge in [0.15, 0.2) is 0 Å². The number of halogens is 1. The van der Waals surface area contributed by atoms with Crippen LogP contribution in [-0.2, 0) is 12.8 Å². The lowest BCUT2D eigenvalue weighted by atomic mass is 9.98. The summed E-state index contributed by atoms with van der Waals surface area (Å²) < 4.78 is 13.6. The third-order valence-corrected chi connectivity index (χ3v) is 3.19. The Bertz CT molecular complexity index is 505. The van der Waals surface area contributed by atoms with E-state index in [1.54, 1.807) is 12.1 Å². The average Bonchev–Trinajstić information content (AvgIpc) is 2.40. The van der Waals surface area contributed by atoms with Crippen molar-refractivity contribution < 1.29 is 4.39 Å². The van der Waals surface area contributed by atoms with Crippen molar-refractivity contribution in [2.75, 3.05) is 0 Å². The van der Waals surface area contributed by atoms with Crippen LogP contribution in [-0.4, -0.2) is 0 Å². The van der Waals surface area contributed by atoms with Gasteiger partial charge in [0.25, 0.3) is 0 Å². The van der Waals surface area contributed by atoms with Gasteiger partial charge in [-0.05, 0) is 30.0 Å². The van der Waals surface area contributed by atoms with Crippen LogP contribution >= 0.6 is 0 Å². The van der Waals surface area contributed by atoms with E-state index in [4.69, 9.17) is 5.73 Å². The lowest BCUT2D eigenvalue weighted by molar-refractivity contribution is 0.580. The Labute approximate surface area is 107 Å². The maximum Gasteiger partial charge on any atom is 0.127 e. The van der Waals surface area contributed by atoms with Gasteiger partial charge in [-0.15, -0.1) is 0 Å². The largest absolute Gasteiger partial charge is 0.324 e. The molecule has 0 radical (unpaired) electrons. The topological polar surface area (TPSA) is 26.0 Å². The zero-order chi connectivity index (χ0) is 13.0. The van der Waals surface area contributed by atoms with E-state index in [0.29, 0.717) is 12.0 Å². The molecule has 2 rings (SSSR count). The molecule has 0 spiro atoms. The molecule has 0 heterocycles. The first-order valence-electron chi connectivity index (χ1n) is 6.28. The van der Waals surface area contributed by atoms with Crippen molar-refractivity contribution in [1.82, 2.24) is 0 Å². The Kier molecular flexibility index (Phi) is 4.11. The summed E-state index contributed by atoms with van der Waals surface area (Å²) in [5.41, 5.74) is 9.08. The summed E-state index contributed by atoms with van der Waals surface area (Å²) in [7, 11) is 0. The van der Waals surface area contributed by atoms with Gasteiger partial charge in [0.1, 0.15) is 5.82 Å². The zero-order valence-electron chi connectivity index (χ0n) is 10.6. The Hall–Kier alpha value is -1.67. The predicted octanol–water partition coefficient (Wildman–Crippen LogP) is 3.63. The molecule has 0 aliphatic heterocycles. The Morgan fingerprint density at radius 3 is 2.22 bits per heavy atom. The van der Waals surface area contributed by atoms with Crippen molar-refractivity contribution in [2.24, 2.45) is 5.73 Å². The number of hydrogen-bond donors (Lipinski definition) is 1. The van der Waals surface area contributed by atoms with Crippen LogP contribution in [0.15, 0.2) is 48.5 Å². The Morgan fingerprint density at radius 2 is 1.61 bits per heavy atom. The van der Waals surface area contributed by atoms with Crippen LogP contribution in [0.5, 0.6) is 0 Å². The van der Waals surface area contributed by atoms with Crippen molar-refractivity contribution in [3.05, 3.63) is 71.0 Å². The molecule has 0 bridgehead atoms. The van der Waals surface area contributed by atoms with Gasteiger partial charge in [-0.3, -0.25) is 0 Å². The molecule has 2 N–H and O–H groups in total. The van der Waals surface area contributed by atoms with Crippen LogP contribution in [0.4, 0.5) is 4.39 Å². The summed E-state index contributed by atoms with van der Waals surface area (Å²) in [6, 6.07) is 14.8. The third kappa shape index (κ3) is 2.96. The predicted molar refractivity (Wildman–Crippen MR) is 72.9 cm³/mol. The fourth-order valence-corrected chi connectivity index (χ4v) is 2.05. The second-order valence-corrected chi connectivity index (χ2v) is 4.50. The molecule has 94 valence electrons. The molecule has 0 aliphatic rings. The first kappa shape index (κ1) is 12.8. The minimum atomic E-state index is -0.293. The molecule has 0 aromatic heterocycles. The summed E-state index contributed by atoms with van der Waals surface area (Å²) in [4.78, 5) is 0. The summed E-state index contributed by atoms with van der Waals surface area (Å²) in [5.74, 6) is -0.227. The highest BCUT2D eigenvalue weighted by Crippen LogP contribution is 2.19. The molecule has 2 aromatic carbocycles. The van der Waals surface area contributed by atoms with Crippen LogP contribution in [0.3, 0.4) is 0 Å². The molecule has 2 heteroatoms. The minimum Gasteiger partial charge on any atom is -0.324 e. The highest BCUT2D eigenvalue weighted by atomic mass is 19.1. The molecule has 0 amide bonds. The lowest BCUT2D eigenvalue weighted by Gasteiger charge is -2.13. The second-order valence-electron chi connectivity index (χ2n) is 4.50. The number of nitrogens with two attached hydrogens (primary N) is 1. The summed E-state index contributed by atoms with van der Waals surface area (Å²) in [6.45, 7) is 2.13. The highest BCUT2D eigenvalue weighted by Gasteiger charge is 2.11. The van der Waals surface area contributed by atoms with Crippen molar-refractivity contribution >= 4 is 0 Å². The number of aryl methyl sites for hydroxylation is 1. The molecule has 2 aromatic rings. The minimum absolute atomic E-state index is 0.227. The van der Waals surface area contributed by atoms with E-state index in [1.807, 2.05) is 6.07 Å². The highest BCUT2D eigenvalue weighted by molar-refractivity contribution is 5.27. The molecular weight excluding hydrogens is 225 g/mol. The van der Waals surface area contributed by atoms with Crippen molar-refractivity contribution in [3.63, 3.8) is 0 Å². The normalized spacial score (nSPS) is 12.4. The van der Waals surface area contributed by atoms with Gasteiger partial charge in [0, 0.05) is 11.6 Å². The molecular formula is C16H18FN. The summed E-state index contributed by atoms with van der Waals surface area (Å²) >= 11 is 0. The van der Waals surface area contributed by atoms with E-state index >= 15 is 0 Å². The fourth-order valence-electron chi connectivity index (χ4n) is 2.05. The van der Waals surface area contributed by atoms with E-state index in [1.165, 1.54) is 11.6 Å². The molecule has 0 saturated carbocycles. The van der Waals surface area contributed by atoms with Crippen LogP contribution < -0.4 is 5.73 Å². The molecule has 1 nitrogen and oxygen atoms in total. The van der Waals surface area contributed by atoms with Gasteiger partial charge in [-0.1, -0.05) is 49.4 Å². The number of hydrogen-bond acceptors (Lipinski definition) is 1. The van der Waals surface area contributed by atoms with Crippen LogP contribution in [0.1, 0.15) is 29.7 Å². The molecule has 0 fully saturated rings. The van der Waals surface area contributed by atoms with Crippen molar-refractivity contribution in [3.8, 4) is 0 Å². The standard InChI is InChI=1S/C16H18FN/c1-2-12-7-9-13(10-8-12)11-16(18)14-5-3-4-6-15(14)17/h3-10,16H,2,11,18H2,1H3. The smallest absolute Gasteiger partial charge is 0.127 e. The van der Waals surface area contributed by atoms with Crippen molar-refractivity contribution in [2.45, 2.75) is 25.8 Å². The molecule has 18 heavy (non-hydrogen) atoms. The maximum atomic E-state index is 13.6. The molecule has 1 atom stereocenters.